The van der Waals surface area contributed by atoms with E-state index < -0.39 is 10.0 Å². The van der Waals surface area contributed by atoms with Gasteiger partial charge in [0.05, 0.1) is 11.2 Å². The number of hydrogen-bond donors (Lipinski definition) is 0. The molecule has 6 nitrogen and oxygen atoms in total. The Morgan fingerprint density at radius 1 is 1.36 bits per heavy atom. The van der Waals surface area contributed by atoms with Crippen LogP contribution in [0.25, 0.3) is 0 Å². The van der Waals surface area contributed by atoms with Gasteiger partial charge >= 0.3 is 0 Å². The Morgan fingerprint density at radius 3 is 2.80 bits per heavy atom. The molecule has 4 rings (SSSR count). The van der Waals surface area contributed by atoms with Crippen LogP contribution < -0.4 is 0 Å². The summed E-state index contributed by atoms with van der Waals surface area (Å²) in [5, 5.41) is 4.09. The molecule has 1 aliphatic heterocycles. The Balaban J connectivity index is 1.59. The van der Waals surface area contributed by atoms with E-state index >= 15 is 0 Å². The van der Waals surface area contributed by atoms with E-state index in [9.17, 15) is 12.8 Å². The lowest BCUT2D eigenvalue weighted by Gasteiger charge is -2.24. The average molecular weight is 365 g/mol. The van der Waals surface area contributed by atoms with Gasteiger partial charge in [-0.25, -0.2) is 17.1 Å². The Labute approximate surface area is 146 Å². The fraction of sp³-hybridized carbons (Fsp3) is 0.529. The first kappa shape index (κ1) is 16.7. The third-order valence-corrected chi connectivity index (χ3v) is 7.23. The molecule has 2 aliphatic rings. The van der Waals surface area contributed by atoms with Crippen molar-refractivity contribution in [3.8, 4) is 0 Å². The summed E-state index contributed by atoms with van der Waals surface area (Å²) in [6.45, 7) is 2.62. The van der Waals surface area contributed by atoms with Gasteiger partial charge in [-0.1, -0.05) is 23.7 Å². The van der Waals surface area contributed by atoms with E-state index in [-0.39, 0.29) is 22.9 Å². The van der Waals surface area contributed by atoms with Crippen molar-refractivity contribution in [2.45, 2.75) is 37.4 Å². The van der Waals surface area contributed by atoms with Crippen LogP contribution in [0.2, 0.25) is 0 Å². The van der Waals surface area contributed by atoms with Crippen LogP contribution in [0, 0.1) is 18.7 Å². The van der Waals surface area contributed by atoms with Crippen LogP contribution in [0.15, 0.2) is 28.8 Å². The standard InChI is InChI=1S/C17H20FN3O3S/c1-12-19-16(20-24-12)17-8-2-3-14(17)9-21(11-17)25(22,23)10-13-4-6-15(18)7-5-13/h4-7,14H,2-3,8-11H2,1H3. The molecular formula is C17H20FN3O3S. The topological polar surface area (TPSA) is 76.3 Å². The van der Waals surface area contributed by atoms with Crippen molar-refractivity contribution in [2.75, 3.05) is 13.1 Å². The fourth-order valence-electron chi connectivity index (χ4n) is 4.20. The van der Waals surface area contributed by atoms with Crippen LogP contribution in [-0.4, -0.2) is 36.0 Å². The minimum atomic E-state index is -3.48. The molecule has 1 aromatic heterocycles. The van der Waals surface area contributed by atoms with E-state index in [1.165, 1.54) is 24.3 Å². The van der Waals surface area contributed by atoms with Crippen molar-refractivity contribution in [1.29, 1.82) is 0 Å². The summed E-state index contributed by atoms with van der Waals surface area (Å²) in [4.78, 5) is 4.40. The first-order valence-corrected chi connectivity index (χ1v) is 10.0. The summed E-state index contributed by atoms with van der Waals surface area (Å²) in [5.74, 6) is 0.854. The van der Waals surface area contributed by atoms with Crippen molar-refractivity contribution >= 4 is 10.0 Å². The molecule has 0 N–H and O–H groups in total. The van der Waals surface area contributed by atoms with Crippen molar-refractivity contribution in [2.24, 2.45) is 5.92 Å². The minimum Gasteiger partial charge on any atom is -0.340 e. The maximum Gasteiger partial charge on any atom is 0.223 e. The van der Waals surface area contributed by atoms with Gasteiger partial charge in [-0.2, -0.15) is 4.98 Å². The second-order valence-electron chi connectivity index (χ2n) is 7.06. The summed E-state index contributed by atoms with van der Waals surface area (Å²) in [7, 11) is -3.48. The van der Waals surface area contributed by atoms with Crippen molar-refractivity contribution in [1.82, 2.24) is 14.4 Å². The van der Waals surface area contributed by atoms with Crippen LogP contribution in [0.3, 0.4) is 0 Å². The maximum absolute atomic E-state index is 13.0. The van der Waals surface area contributed by atoms with E-state index in [1.807, 2.05) is 0 Å². The normalized spacial score (nSPS) is 26.9. The minimum absolute atomic E-state index is 0.124. The van der Waals surface area contributed by atoms with Crippen LogP contribution in [0.5, 0.6) is 0 Å². The Morgan fingerprint density at radius 2 is 2.12 bits per heavy atom. The summed E-state index contributed by atoms with van der Waals surface area (Å²) in [5.41, 5.74) is 0.246. The highest BCUT2D eigenvalue weighted by Gasteiger charge is 2.55. The molecule has 1 aromatic carbocycles. The molecule has 0 amide bonds. The third-order valence-electron chi connectivity index (χ3n) is 5.47. The highest BCUT2D eigenvalue weighted by molar-refractivity contribution is 7.88. The van der Waals surface area contributed by atoms with Gasteiger partial charge < -0.3 is 4.52 Å². The van der Waals surface area contributed by atoms with Crippen molar-refractivity contribution in [3.63, 3.8) is 0 Å². The van der Waals surface area contributed by atoms with Crippen LogP contribution in [0.1, 0.15) is 36.5 Å². The van der Waals surface area contributed by atoms with Crippen molar-refractivity contribution in [3.05, 3.63) is 47.4 Å². The molecule has 0 spiro atoms. The molecule has 8 heteroatoms. The molecule has 25 heavy (non-hydrogen) atoms. The second-order valence-corrected chi connectivity index (χ2v) is 9.03. The average Bonchev–Trinajstić information content (AvgIpc) is 3.22. The zero-order valence-electron chi connectivity index (χ0n) is 14.0. The number of hydrogen-bond acceptors (Lipinski definition) is 5. The number of rotatable bonds is 4. The third kappa shape index (κ3) is 2.87. The number of aromatic nitrogens is 2. The number of benzene rings is 1. The predicted octanol–water partition coefficient (Wildman–Crippen LogP) is 2.40. The molecule has 2 aromatic rings. The monoisotopic (exact) mass is 365 g/mol. The lowest BCUT2D eigenvalue weighted by Crippen LogP contribution is -2.36. The quantitative estimate of drug-likeness (QED) is 0.832. The molecule has 2 heterocycles. The summed E-state index contributed by atoms with van der Waals surface area (Å²) in [6, 6.07) is 5.60. The Bertz CT molecular complexity index is 881. The van der Waals surface area contributed by atoms with Gasteiger partial charge in [0.1, 0.15) is 5.82 Å². The van der Waals surface area contributed by atoms with E-state index in [4.69, 9.17) is 4.52 Å². The molecular weight excluding hydrogens is 345 g/mol. The number of aryl methyl sites for hydroxylation is 1. The highest BCUT2D eigenvalue weighted by Crippen LogP contribution is 2.50. The van der Waals surface area contributed by atoms with Crippen LogP contribution in [-0.2, 0) is 21.2 Å². The molecule has 2 fully saturated rings. The fourth-order valence-corrected chi connectivity index (χ4v) is 5.83. The van der Waals surface area contributed by atoms with E-state index in [2.05, 4.69) is 10.1 Å². The van der Waals surface area contributed by atoms with E-state index in [1.54, 1.807) is 11.2 Å². The molecule has 1 saturated carbocycles. The lowest BCUT2D eigenvalue weighted by molar-refractivity contribution is 0.332. The number of sulfonamides is 1. The molecule has 2 atom stereocenters. The maximum atomic E-state index is 13.0. The van der Waals surface area contributed by atoms with Gasteiger partial charge in [0, 0.05) is 20.0 Å². The lowest BCUT2D eigenvalue weighted by atomic mass is 9.80. The van der Waals surface area contributed by atoms with Gasteiger partial charge in [0.25, 0.3) is 0 Å². The molecule has 1 aliphatic carbocycles. The molecule has 0 bridgehead atoms. The molecule has 2 unspecified atom stereocenters. The second kappa shape index (κ2) is 5.88. The van der Waals surface area contributed by atoms with Gasteiger partial charge in [-0.05, 0) is 36.5 Å². The van der Waals surface area contributed by atoms with E-state index in [0.29, 0.717) is 30.4 Å². The van der Waals surface area contributed by atoms with Gasteiger partial charge in [-0.15, -0.1) is 0 Å². The molecule has 0 radical (unpaired) electrons. The summed E-state index contributed by atoms with van der Waals surface area (Å²) >= 11 is 0. The van der Waals surface area contributed by atoms with Crippen molar-refractivity contribution < 1.29 is 17.3 Å². The summed E-state index contributed by atoms with van der Waals surface area (Å²) in [6.07, 6.45) is 2.89. The zero-order chi connectivity index (χ0) is 17.7. The predicted molar refractivity (Wildman–Crippen MR) is 88.7 cm³/mol. The van der Waals surface area contributed by atoms with Gasteiger partial charge in [-0.3, -0.25) is 0 Å². The molecule has 134 valence electrons. The largest absolute Gasteiger partial charge is 0.340 e. The summed E-state index contributed by atoms with van der Waals surface area (Å²) < 4.78 is 45.5. The Kier molecular flexibility index (Phi) is 3.92. The first-order valence-electron chi connectivity index (χ1n) is 8.42. The van der Waals surface area contributed by atoms with Crippen LogP contribution in [0.4, 0.5) is 4.39 Å². The van der Waals surface area contributed by atoms with Crippen LogP contribution >= 0.6 is 0 Å². The SMILES string of the molecule is Cc1nc(C23CCCC2CN(S(=O)(=O)Cc2ccc(F)cc2)C3)no1. The molecule has 1 saturated heterocycles. The zero-order valence-corrected chi connectivity index (χ0v) is 14.8. The first-order chi connectivity index (χ1) is 11.9. The highest BCUT2D eigenvalue weighted by atomic mass is 32.2. The number of halogens is 1. The Hall–Kier alpha value is -1.80. The number of nitrogens with zero attached hydrogens (tertiary/aromatic N) is 3. The number of fused-ring (bicyclic) bond motifs is 1. The smallest absolute Gasteiger partial charge is 0.223 e. The van der Waals surface area contributed by atoms with Gasteiger partial charge in [0.15, 0.2) is 5.82 Å². The van der Waals surface area contributed by atoms with Gasteiger partial charge in [0.2, 0.25) is 15.9 Å². The van der Waals surface area contributed by atoms with E-state index in [0.717, 1.165) is 19.3 Å².